The Balaban J connectivity index is 1.94. The van der Waals surface area contributed by atoms with Crippen LogP contribution in [-0.4, -0.2) is 41.7 Å². The molecule has 4 amide bonds. The number of carbonyl (C=O) groups is 3. The van der Waals surface area contributed by atoms with E-state index < -0.39 is 17.8 Å². The summed E-state index contributed by atoms with van der Waals surface area (Å²) >= 11 is 6.08. The molecule has 0 N–H and O–H groups in total. The molecule has 1 saturated heterocycles. The van der Waals surface area contributed by atoms with Crippen molar-refractivity contribution >= 4 is 35.5 Å². The van der Waals surface area contributed by atoms with Crippen LogP contribution in [0.15, 0.2) is 54.1 Å². The summed E-state index contributed by atoms with van der Waals surface area (Å²) in [5.41, 5.74) is 1.32. The Morgan fingerprint density at radius 1 is 0.963 bits per heavy atom. The lowest BCUT2D eigenvalue weighted by atomic mass is 10.1. The molecule has 2 aromatic carbocycles. The summed E-state index contributed by atoms with van der Waals surface area (Å²) in [5.74, 6) is -0.868. The number of hydrogen-bond acceptors (Lipinski definition) is 4. The van der Waals surface area contributed by atoms with Crippen molar-refractivity contribution in [3.63, 3.8) is 0 Å². The van der Waals surface area contributed by atoms with E-state index in [0.29, 0.717) is 22.9 Å². The number of urea groups is 1. The highest BCUT2D eigenvalue weighted by Crippen LogP contribution is 2.28. The van der Waals surface area contributed by atoms with Crippen molar-refractivity contribution in [2.75, 3.05) is 14.1 Å². The number of halogens is 1. The van der Waals surface area contributed by atoms with E-state index in [9.17, 15) is 14.4 Å². The van der Waals surface area contributed by atoms with Crippen LogP contribution >= 0.6 is 11.6 Å². The van der Waals surface area contributed by atoms with Crippen LogP contribution in [0.5, 0.6) is 5.75 Å². The molecule has 7 heteroatoms. The summed E-state index contributed by atoms with van der Waals surface area (Å²) in [6.07, 6.45) is 1.40. The Bertz CT molecular complexity index is 914. The number of ether oxygens (including phenoxy) is 1. The maximum atomic E-state index is 12.4. The van der Waals surface area contributed by atoms with E-state index in [4.69, 9.17) is 16.3 Å². The summed E-state index contributed by atoms with van der Waals surface area (Å²) < 4.78 is 5.85. The second kappa shape index (κ2) is 7.63. The Morgan fingerprint density at radius 2 is 1.59 bits per heavy atom. The first-order chi connectivity index (χ1) is 12.9. The van der Waals surface area contributed by atoms with Gasteiger partial charge in [0.1, 0.15) is 17.9 Å². The van der Waals surface area contributed by atoms with E-state index >= 15 is 0 Å². The summed E-state index contributed by atoms with van der Waals surface area (Å²) in [4.78, 5) is 38.4. The van der Waals surface area contributed by atoms with E-state index in [2.05, 4.69) is 0 Å². The molecule has 0 bridgehead atoms. The van der Waals surface area contributed by atoms with Crippen LogP contribution in [0, 0.1) is 0 Å². The van der Waals surface area contributed by atoms with Crippen LogP contribution in [0.4, 0.5) is 4.79 Å². The summed E-state index contributed by atoms with van der Waals surface area (Å²) in [5, 5.41) is 0.433. The predicted molar refractivity (Wildman–Crippen MR) is 101 cm³/mol. The molecule has 0 saturated carbocycles. The van der Waals surface area contributed by atoms with E-state index in [1.54, 1.807) is 18.2 Å². The van der Waals surface area contributed by atoms with Crippen LogP contribution in [0.25, 0.3) is 6.08 Å². The molecule has 0 atom stereocenters. The second-order valence-corrected chi connectivity index (χ2v) is 6.46. The van der Waals surface area contributed by atoms with Gasteiger partial charge < -0.3 is 4.74 Å². The van der Waals surface area contributed by atoms with Gasteiger partial charge in [-0.1, -0.05) is 41.9 Å². The smallest absolute Gasteiger partial charge is 0.333 e. The number of amides is 4. The predicted octanol–water partition coefficient (Wildman–Crippen LogP) is 3.35. The maximum absolute atomic E-state index is 12.4. The minimum Gasteiger partial charge on any atom is -0.488 e. The highest BCUT2D eigenvalue weighted by Gasteiger charge is 2.37. The third-order valence-corrected chi connectivity index (χ3v) is 4.39. The molecule has 0 aromatic heterocycles. The first-order valence-corrected chi connectivity index (χ1v) is 8.54. The molecule has 0 radical (unpaired) electrons. The van der Waals surface area contributed by atoms with Crippen LogP contribution < -0.4 is 4.74 Å². The third-order valence-electron chi connectivity index (χ3n) is 4.15. The number of benzene rings is 2. The zero-order valence-corrected chi connectivity index (χ0v) is 15.6. The van der Waals surface area contributed by atoms with E-state index in [0.717, 1.165) is 15.4 Å². The summed E-state index contributed by atoms with van der Waals surface area (Å²) in [6, 6.07) is 13.9. The molecule has 0 spiro atoms. The Kier molecular flexibility index (Phi) is 5.28. The van der Waals surface area contributed by atoms with Gasteiger partial charge in [0.25, 0.3) is 11.8 Å². The Labute approximate surface area is 161 Å². The fourth-order valence-electron chi connectivity index (χ4n) is 2.63. The number of hydrogen-bond donors (Lipinski definition) is 0. The minimum atomic E-state index is -0.672. The summed E-state index contributed by atoms with van der Waals surface area (Å²) in [7, 11) is 2.65. The largest absolute Gasteiger partial charge is 0.488 e. The standard InChI is InChI=1S/C20H17ClN2O4/c1-22-18(24)16(19(25)23(2)20(22)26)11-14-10-15(21)8-9-17(14)27-12-13-6-4-3-5-7-13/h3-11H,12H2,1-2H3. The Hall–Kier alpha value is -3.12. The molecule has 1 aliphatic rings. The van der Waals surface area contributed by atoms with Crippen LogP contribution in [-0.2, 0) is 16.2 Å². The quantitative estimate of drug-likeness (QED) is 0.599. The number of likely N-dealkylation sites (N-methyl/N-ethyl adjacent to an activating group) is 2. The molecule has 3 rings (SSSR count). The lowest BCUT2D eigenvalue weighted by Gasteiger charge is -2.29. The zero-order chi connectivity index (χ0) is 19.6. The van der Waals surface area contributed by atoms with Gasteiger partial charge in [-0.25, -0.2) is 4.79 Å². The molecule has 1 fully saturated rings. The number of carbonyl (C=O) groups excluding carboxylic acids is 3. The van der Waals surface area contributed by atoms with Gasteiger partial charge in [0.15, 0.2) is 0 Å². The van der Waals surface area contributed by atoms with Crippen LogP contribution in [0.1, 0.15) is 11.1 Å². The first-order valence-electron chi connectivity index (χ1n) is 8.16. The van der Waals surface area contributed by atoms with Gasteiger partial charge in [-0.2, -0.15) is 0 Å². The van der Waals surface area contributed by atoms with Gasteiger partial charge in [-0.15, -0.1) is 0 Å². The van der Waals surface area contributed by atoms with Gasteiger partial charge in [-0.3, -0.25) is 19.4 Å². The van der Waals surface area contributed by atoms with E-state index in [-0.39, 0.29) is 5.57 Å². The highest BCUT2D eigenvalue weighted by atomic mass is 35.5. The first kappa shape index (κ1) is 18.7. The summed E-state index contributed by atoms with van der Waals surface area (Å²) in [6.45, 7) is 0.318. The van der Waals surface area contributed by atoms with Gasteiger partial charge >= 0.3 is 6.03 Å². The van der Waals surface area contributed by atoms with Crippen molar-refractivity contribution < 1.29 is 19.1 Å². The maximum Gasteiger partial charge on any atom is 0.333 e. The Morgan fingerprint density at radius 3 is 2.22 bits per heavy atom. The highest BCUT2D eigenvalue weighted by molar-refractivity contribution is 6.32. The number of rotatable bonds is 4. The molecule has 0 aliphatic carbocycles. The lowest BCUT2D eigenvalue weighted by Crippen LogP contribution is -2.52. The van der Waals surface area contributed by atoms with E-state index in [1.807, 2.05) is 30.3 Å². The number of nitrogens with zero attached hydrogens (tertiary/aromatic N) is 2. The SMILES string of the molecule is CN1C(=O)C(=Cc2cc(Cl)ccc2OCc2ccccc2)C(=O)N(C)C1=O. The van der Waals surface area contributed by atoms with Gasteiger partial charge in [0.2, 0.25) is 0 Å². The van der Waals surface area contributed by atoms with Crippen molar-refractivity contribution in [3.05, 3.63) is 70.3 Å². The third kappa shape index (κ3) is 3.85. The van der Waals surface area contributed by atoms with Crippen molar-refractivity contribution in [1.29, 1.82) is 0 Å². The molecule has 138 valence electrons. The number of imide groups is 2. The molecule has 0 unspecified atom stereocenters. The number of barbiturate groups is 1. The van der Waals surface area contributed by atoms with Gasteiger partial charge in [-0.05, 0) is 29.8 Å². The topological polar surface area (TPSA) is 66.9 Å². The van der Waals surface area contributed by atoms with Crippen molar-refractivity contribution in [2.24, 2.45) is 0 Å². The zero-order valence-electron chi connectivity index (χ0n) is 14.8. The molecular formula is C20H17ClN2O4. The van der Waals surface area contributed by atoms with Crippen molar-refractivity contribution in [2.45, 2.75) is 6.61 Å². The van der Waals surface area contributed by atoms with E-state index in [1.165, 1.54) is 20.2 Å². The average Bonchev–Trinajstić information content (AvgIpc) is 2.68. The lowest BCUT2D eigenvalue weighted by molar-refractivity contribution is -0.134. The molecule has 27 heavy (non-hydrogen) atoms. The van der Waals surface area contributed by atoms with Crippen LogP contribution in [0.2, 0.25) is 5.02 Å². The monoisotopic (exact) mass is 384 g/mol. The van der Waals surface area contributed by atoms with Gasteiger partial charge in [0, 0.05) is 24.7 Å². The molecule has 1 aliphatic heterocycles. The second-order valence-electron chi connectivity index (χ2n) is 6.03. The molecule has 2 aromatic rings. The van der Waals surface area contributed by atoms with Crippen LogP contribution in [0.3, 0.4) is 0 Å². The normalized spacial score (nSPS) is 14.6. The average molecular weight is 385 g/mol. The fourth-order valence-corrected chi connectivity index (χ4v) is 2.81. The molecule has 6 nitrogen and oxygen atoms in total. The molecule has 1 heterocycles. The van der Waals surface area contributed by atoms with Crippen molar-refractivity contribution in [3.8, 4) is 5.75 Å². The van der Waals surface area contributed by atoms with Crippen molar-refractivity contribution in [1.82, 2.24) is 9.80 Å². The molecular weight excluding hydrogens is 368 g/mol. The van der Waals surface area contributed by atoms with Gasteiger partial charge in [0.05, 0.1) is 0 Å². The minimum absolute atomic E-state index is 0.133. The fraction of sp³-hybridized carbons (Fsp3) is 0.150.